The van der Waals surface area contributed by atoms with Crippen LogP contribution in [0.3, 0.4) is 0 Å². The molecule has 0 aromatic heterocycles. The lowest BCUT2D eigenvalue weighted by atomic mass is 9.83. The Labute approximate surface area is 71.7 Å². The van der Waals surface area contributed by atoms with Gasteiger partial charge in [-0.3, -0.25) is 0 Å². The molecular weight excluding hydrogens is 156 g/mol. The highest BCUT2D eigenvalue weighted by Crippen LogP contribution is 2.32. The first kappa shape index (κ1) is 8.05. The van der Waals surface area contributed by atoms with Gasteiger partial charge in [-0.05, 0) is 18.8 Å². The molecule has 3 heteroatoms. The van der Waals surface area contributed by atoms with Crippen molar-refractivity contribution in [2.75, 3.05) is 0 Å². The van der Waals surface area contributed by atoms with Crippen LogP contribution in [0.4, 0.5) is 0 Å². The standard InChI is InChI=1S/C9H14O3/c10-7-4-2-1-3-6(7)5-8-9(11)12-8/h6-8,10H,1-5H2. The van der Waals surface area contributed by atoms with E-state index in [2.05, 4.69) is 0 Å². The number of rotatable bonds is 2. The van der Waals surface area contributed by atoms with E-state index in [1.807, 2.05) is 0 Å². The molecule has 2 rings (SSSR count). The van der Waals surface area contributed by atoms with E-state index in [1.54, 1.807) is 0 Å². The van der Waals surface area contributed by atoms with Crippen LogP contribution in [0.1, 0.15) is 32.1 Å². The average molecular weight is 170 g/mol. The molecule has 0 bridgehead atoms. The molecule has 1 aliphatic heterocycles. The summed E-state index contributed by atoms with van der Waals surface area (Å²) in [5.41, 5.74) is 0. The Hall–Kier alpha value is -0.570. The molecule has 2 fully saturated rings. The van der Waals surface area contributed by atoms with Crippen molar-refractivity contribution in [2.24, 2.45) is 5.92 Å². The van der Waals surface area contributed by atoms with Gasteiger partial charge < -0.3 is 9.84 Å². The Kier molecular flexibility index (Phi) is 2.05. The predicted molar refractivity (Wildman–Crippen MR) is 42.5 cm³/mol. The van der Waals surface area contributed by atoms with Crippen LogP contribution >= 0.6 is 0 Å². The first-order valence-electron chi connectivity index (χ1n) is 4.66. The SMILES string of the molecule is O=C1OC1CC1CCCCC1O. The number of hydrogen-bond donors (Lipinski definition) is 1. The molecule has 0 spiro atoms. The van der Waals surface area contributed by atoms with Gasteiger partial charge in [0.15, 0.2) is 6.10 Å². The highest BCUT2D eigenvalue weighted by Gasteiger charge is 2.41. The van der Waals surface area contributed by atoms with Gasteiger partial charge >= 0.3 is 5.97 Å². The highest BCUT2D eigenvalue weighted by molar-refractivity contribution is 5.87. The van der Waals surface area contributed by atoms with Crippen molar-refractivity contribution in [3.63, 3.8) is 0 Å². The fourth-order valence-corrected chi connectivity index (χ4v) is 1.99. The van der Waals surface area contributed by atoms with Gasteiger partial charge in [-0.2, -0.15) is 0 Å². The summed E-state index contributed by atoms with van der Waals surface area (Å²) < 4.78 is 4.72. The molecule has 0 radical (unpaired) electrons. The van der Waals surface area contributed by atoms with Gasteiger partial charge in [0, 0.05) is 6.42 Å². The summed E-state index contributed by atoms with van der Waals surface area (Å²) in [5.74, 6) is 0.211. The maximum absolute atomic E-state index is 10.6. The summed E-state index contributed by atoms with van der Waals surface area (Å²) in [6, 6.07) is 0. The summed E-state index contributed by atoms with van der Waals surface area (Å²) in [7, 11) is 0. The molecule has 1 heterocycles. The van der Waals surface area contributed by atoms with Gasteiger partial charge in [-0.25, -0.2) is 4.79 Å². The largest absolute Gasteiger partial charge is 0.448 e. The van der Waals surface area contributed by atoms with Crippen molar-refractivity contribution < 1.29 is 14.6 Å². The van der Waals surface area contributed by atoms with E-state index >= 15 is 0 Å². The number of cyclic esters (lactones) is 1. The van der Waals surface area contributed by atoms with Crippen LogP contribution in [0.2, 0.25) is 0 Å². The number of epoxide rings is 1. The normalized spacial score (nSPS) is 40.8. The monoisotopic (exact) mass is 170 g/mol. The molecule has 3 nitrogen and oxygen atoms in total. The molecule has 12 heavy (non-hydrogen) atoms. The minimum atomic E-state index is -0.198. The summed E-state index contributed by atoms with van der Waals surface area (Å²) in [6.07, 6.45) is 4.61. The molecule has 1 N–H and O–H groups in total. The van der Waals surface area contributed by atoms with Gasteiger partial charge in [0.2, 0.25) is 0 Å². The fraction of sp³-hybridized carbons (Fsp3) is 0.889. The fourth-order valence-electron chi connectivity index (χ4n) is 1.99. The number of aliphatic hydroxyl groups is 1. The molecule has 1 saturated carbocycles. The van der Waals surface area contributed by atoms with Crippen LogP contribution in [0.5, 0.6) is 0 Å². The second-order valence-electron chi connectivity index (χ2n) is 3.77. The van der Waals surface area contributed by atoms with E-state index in [-0.39, 0.29) is 18.2 Å². The summed E-state index contributed by atoms with van der Waals surface area (Å²) >= 11 is 0. The van der Waals surface area contributed by atoms with Crippen LogP contribution < -0.4 is 0 Å². The van der Waals surface area contributed by atoms with E-state index in [0.717, 1.165) is 25.7 Å². The maximum atomic E-state index is 10.6. The van der Waals surface area contributed by atoms with Crippen molar-refractivity contribution in [3.05, 3.63) is 0 Å². The van der Waals surface area contributed by atoms with Gasteiger partial charge in [0.25, 0.3) is 0 Å². The van der Waals surface area contributed by atoms with Crippen LogP contribution in [0, 0.1) is 5.92 Å². The quantitative estimate of drug-likeness (QED) is 0.625. The van der Waals surface area contributed by atoms with E-state index in [0.29, 0.717) is 5.92 Å². The smallest absolute Gasteiger partial charge is 0.348 e. The van der Waals surface area contributed by atoms with Crippen LogP contribution in [0.15, 0.2) is 0 Å². The second-order valence-corrected chi connectivity index (χ2v) is 3.77. The molecule has 1 saturated heterocycles. The third-order valence-electron chi connectivity index (χ3n) is 2.85. The lowest BCUT2D eigenvalue weighted by Gasteiger charge is -2.26. The summed E-state index contributed by atoms with van der Waals surface area (Å²) in [4.78, 5) is 10.6. The van der Waals surface area contributed by atoms with Crippen molar-refractivity contribution in [3.8, 4) is 0 Å². The van der Waals surface area contributed by atoms with E-state index < -0.39 is 0 Å². The number of carbonyl (C=O) groups is 1. The Morgan fingerprint density at radius 1 is 1.42 bits per heavy atom. The molecular formula is C9H14O3. The molecule has 2 aliphatic rings. The van der Waals surface area contributed by atoms with Gasteiger partial charge in [0.1, 0.15) is 0 Å². The lowest BCUT2D eigenvalue weighted by Crippen LogP contribution is -2.25. The van der Waals surface area contributed by atoms with Crippen molar-refractivity contribution in [1.82, 2.24) is 0 Å². The molecule has 1 aliphatic carbocycles. The van der Waals surface area contributed by atoms with Gasteiger partial charge in [0.05, 0.1) is 6.10 Å². The minimum Gasteiger partial charge on any atom is -0.448 e. The number of carbonyl (C=O) groups excluding carboxylic acids is 1. The third kappa shape index (κ3) is 1.61. The minimum absolute atomic E-state index is 0.0900. The van der Waals surface area contributed by atoms with Gasteiger partial charge in [-0.1, -0.05) is 12.8 Å². The highest BCUT2D eigenvalue weighted by atomic mass is 16.6. The number of hydrogen-bond acceptors (Lipinski definition) is 3. The van der Waals surface area contributed by atoms with Crippen molar-refractivity contribution in [2.45, 2.75) is 44.3 Å². The second kappa shape index (κ2) is 3.05. The van der Waals surface area contributed by atoms with E-state index in [9.17, 15) is 9.90 Å². The Morgan fingerprint density at radius 2 is 2.08 bits per heavy atom. The zero-order valence-corrected chi connectivity index (χ0v) is 7.03. The maximum Gasteiger partial charge on any atom is 0.348 e. The van der Waals surface area contributed by atoms with Gasteiger partial charge in [-0.15, -0.1) is 0 Å². The Morgan fingerprint density at radius 3 is 2.67 bits per heavy atom. The lowest BCUT2D eigenvalue weighted by molar-refractivity contribution is -0.117. The van der Waals surface area contributed by atoms with Crippen LogP contribution in [-0.4, -0.2) is 23.3 Å². The molecule has 0 aromatic carbocycles. The predicted octanol–water partition coefficient (Wildman–Crippen LogP) is 0.853. The molecule has 0 aromatic rings. The zero-order valence-electron chi connectivity index (χ0n) is 7.03. The van der Waals surface area contributed by atoms with E-state index in [1.165, 1.54) is 6.42 Å². The molecule has 68 valence electrons. The van der Waals surface area contributed by atoms with Crippen LogP contribution in [0.25, 0.3) is 0 Å². The Balaban J connectivity index is 1.81. The third-order valence-corrected chi connectivity index (χ3v) is 2.85. The topological polar surface area (TPSA) is 49.8 Å². The summed E-state index contributed by atoms with van der Waals surface area (Å²) in [5, 5.41) is 9.57. The van der Waals surface area contributed by atoms with E-state index in [4.69, 9.17) is 4.74 Å². The van der Waals surface area contributed by atoms with Crippen LogP contribution in [-0.2, 0) is 9.53 Å². The first-order valence-corrected chi connectivity index (χ1v) is 4.66. The summed E-state index contributed by atoms with van der Waals surface area (Å²) in [6.45, 7) is 0. The molecule has 0 amide bonds. The molecule has 3 unspecified atom stereocenters. The number of ether oxygens (including phenoxy) is 1. The van der Waals surface area contributed by atoms with Crippen molar-refractivity contribution >= 4 is 5.97 Å². The first-order chi connectivity index (χ1) is 5.77. The zero-order chi connectivity index (χ0) is 8.55. The molecule has 3 atom stereocenters. The average Bonchev–Trinajstić information content (AvgIpc) is 2.72. The van der Waals surface area contributed by atoms with Crippen molar-refractivity contribution in [1.29, 1.82) is 0 Å². The number of aliphatic hydroxyl groups excluding tert-OH is 1. The Bertz CT molecular complexity index is 190.